The number of methoxy groups -OCH3 is 1. The van der Waals surface area contributed by atoms with Crippen LogP contribution in [0.4, 0.5) is 5.69 Å². The Kier molecular flexibility index (Phi) is 5.36. The van der Waals surface area contributed by atoms with Crippen LogP contribution in [-0.2, 0) is 4.79 Å². The summed E-state index contributed by atoms with van der Waals surface area (Å²) < 4.78 is 5.11. The number of rotatable bonds is 5. The van der Waals surface area contributed by atoms with Crippen molar-refractivity contribution in [2.75, 3.05) is 12.4 Å². The van der Waals surface area contributed by atoms with E-state index >= 15 is 0 Å². The summed E-state index contributed by atoms with van der Waals surface area (Å²) in [5, 5.41) is 2.83. The maximum Gasteiger partial charge on any atom is 0.225 e. The zero-order valence-electron chi connectivity index (χ0n) is 12.2. The third-order valence-corrected chi connectivity index (χ3v) is 2.68. The number of hydrogen-bond acceptors (Lipinski definition) is 3. The van der Waals surface area contributed by atoms with Gasteiger partial charge in [0.2, 0.25) is 5.91 Å². The molecule has 1 aromatic carbocycles. The summed E-state index contributed by atoms with van der Waals surface area (Å²) in [6.45, 7) is 6.35. The van der Waals surface area contributed by atoms with Crippen LogP contribution in [0.25, 0.3) is 0 Å². The summed E-state index contributed by atoms with van der Waals surface area (Å²) >= 11 is 0. The molecule has 0 aromatic heterocycles. The van der Waals surface area contributed by atoms with Crippen molar-refractivity contribution in [2.24, 2.45) is 11.1 Å². The minimum absolute atomic E-state index is 0.0648. The number of benzene rings is 1. The van der Waals surface area contributed by atoms with Crippen molar-refractivity contribution in [1.82, 2.24) is 0 Å². The molecule has 0 aliphatic carbocycles. The third kappa shape index (κ3) is 6.25. The van der Waals surface area contributed by atoms with Crippen LogP contribution in [0.15, 0.2) is 24.3 Å². The molecular weight excluding hydrogens is 240 g/mol. The highest BCUT2D eigenvalue weighted by atomic mass is 16.5. The van der Waals surface area contributed by atoms with Gasteiger partial charge in [-0.3, -0.25) is 4.79 Å². The lowest BCUT2D eigenvalue weighted by Gasteiger charge is -2.22. The number of carbonyl (C=O) groups excluding carboxylic acids is 1. The molecule has 1 unspecified atom stereocenters. The summed E-state index contributed by atoms with van der Waals surface area (Å²) in [6.07, 6.45) is 1.15. The van der Waals surface area contributed by atoms with E-state index in [1.54, 1.807) is 13.2 Å². The molecule has 0 aliphatic rings. The number of nitrogens with two attached hydrogens (primary N) is 1. The fourth-order valence-corrected chi connectivity index (χ4v) is 2.01. The lowest BCUT2D eigenvalue weighted by Crippen LogP contribution is -2.31. The molecule has 0 spiro atoms. The highest BCUT2D eigenvalue weighted by Gasteiger charge is 2.18. The monoisotopic (exact) mass is 264 g/mol. The van der Waals surface area contributed by atoms with E-state index < -0.39 is 0 Å². The van der Waals surface area contributed by atoms with Crippen molar-refractivity contribution < 1.29 is 9.53 Å². The molecule has 4 heteroatoms. The van der Waals surface area contributed by atoms with Crippen LogP contribution >= 0.6 is 0 Å². The second-order valence-corrected chi connectivity index (χ2v) is 6.01. The first kappa shape index (κ1) is 15.5. The van der Waals surface area contributed by atoms with E-state index in [1.165, 1.54) is 0 Å². The summed E-state index contributed by atoms with van der Waals surface area (Å²) in [4.78, 5) is 11.9. The van der Waals surface area contributed by atoms with E-state index in [-0.39, 0.29) is 17.4 Å². The predicted octanol–water partition coefficient (Wildman–Crippen LogP) is 2.79. The zero-order chi connectivity index (χ0) is 14.5. The third-order valence-electron chi connectivity index (χ3n) is 2.68. The summed E-state index contributed by atoms with van der Waals surface area (Å²) in [5.41, 5.74) is 6.85. The van der Waals surface area contributed by atoms with Crippen molar-refractivity contribution >= 4 is 11.6 Å². The molecular formula is C15H24N2O2. The van der Waals surface area contributed by atoms with Gasteiger partial charge in [-0.25, -0.2) is 0 Å². The van der Waals surface area contributed by atoms with E-state index in [9.17, 15) is 4.79 Å². The Labute approximate surface area is 115 Å². The Balaban J connectivity index is 2.50. The minimum atomic E-state index is -0.120. The maximum atomic E-state index is 11.9. The molecule has 0 fully saturated rings. The molecule has 3 N–H and O–H groups in total. The number of carbonyl (C=O) groups is 1. The van der Waals surface area contributed by atoms with Crippen molar-refractivity contribution in [3.8, 4) is 5.75 Å². The lowest BCUT2D eigenvalue weighted by molar-refractivity contribution is -0.116. The molecule has 0 saturated carbocycles. The summed E-state index contributed by atoms with van der Waals surface area (Å²) in [5.74, 6) is 0.654. The predicted molar refractivity (Wildman–Crippen MR) is 78.3 cm³/mol. The number of ether oxygens (including phenoxy) is 1. The van der Waals surface area contributed by atoms with Gasteiger partial charge < -0.3 is 15.8 Å². The molecule has 106 valence electrons. The zero-order valence-corrected chi connectivity index (χ0v) is 12.2. The van der Waals surface area contributed by atoms with Gasteiger partial charge in [0.15, 0.2) is 0 Å². The standard InChI is InChI=1S/C15H24N2O2/c1-15(2,3)10-11(16)8-14(18)17-12-6-5-7-13(9-12)19-4/h5-7,9,11H,8,10,16H2,1-4H3,(H,17,18). The maximum absolute atomic E-state index is 11.9. The Morgan fingerprint density at radius 1 is 1.42 bits per heavy atom. The van der Waals surface area contributed by atoms with E-state index in [4.69, 9.17) is 10.5 Å². The second kappa shape index (κ2) is 6.57. The average molecular weight is 264 g/mol. The van der Waals surface area contributed by atoms with Crippen molar-refractivity contribution in [3.63, 3.8) is 0 Å². The Hall–Kier alpha value is -1.55. The Bertz CT molecular complexity index is 424. The smallest absolute Gasteiger partial charge is 0.225 e. The van der Waals surface area contributed by atoms with Crippen molar-refractivity contribution in [1.29, 1.82) is 0 Å². The van der Waals surface area contributed by atoms with E-state index in [0.717, 1.165) is 17.9 Å². The van der Waals surface area contributed by atoms with Gasteiger partial charge in [0, 0.05) is 24.2 Å². The Morgan fingerprint density at radius 2 is 2.11 bits per heavy atom. The molecule has 1 aromatic rings. The van der Waals surface area contributed by atoms with E-state index in [0.29, 0.717) is 6.42 Å². The molecule has 1 rings (SSSR count). The SMILES string of the molecule is COc1cccc(NC(=O)CC(N)CC(C)(C)C)c1. The van der Waals surface area contributed by atoms with Crippen LogP contribution in [-0.4, -0.2) is 19.1 Å². The Morgan fingerprint density at radius 3 is 2.68 bits per heavy atom. The summed E-state index contributed by atoms with van der Waals surface area (Å²) in [6, 6.07) is 7.17. The molecule has 4 nitrogen and oxygen atoms in total. The highest BCUT2D eigenvalue weighted by Crippen LogP contribution is 2.22. The number of anilines is 1. The van der Waals surface area contributed by atoms with Crippen LogP contribution in [0.3, 0.4) is 0 Å². The van der Waals surface area contributed by atoms with Gasteiger partial charge in [0.05, 0.1) is 7.11 Å². The molecule has 0 saturated heterocycles. The van der Waals surface area contributed by atoms with Gasteiger partial charge in [-0.1, -0.05) is 26.8 Å². The topological polar surface area (TPSA) is 64.3 Å². The van der Waals surface area contributed by atoms with Crippen molar-refractivity contribution in [2.45, 2.75) is 39.7 Å². The van der Waals surface area contributed by atoms with Crippen LogP contribution in [0.5, 0.6) is 5.75 Å². The number of nitrogens with one attached hydrogen (secondary N) is 1. The van der Waals surface area contributed by atoms with Gasteiger partial charge in [-0.15, -0.1) is 0 Å². The van der Waals surface area contributed by atoms with Gasteiger partial charge in [0.25, 0.3) is 0 Å². The first-order valence-corrected chi connectivity index (χ1v) is 6.49. The van der Waals surface area contributed by atoms with Crippen LogP contribution < -0.4 is 15.8 Å². The molecule has 0 heterocycles. The quantitative estimate of drug-likeness (QED) is 0.859. The van der Waals surface area contributed by atoms with Crippen LogP contribution in [0.2, 0.25) is 0 Å². The molecule has 0 radical (unpaired) electrons. The normalized spacial score (nSPS) is 12.9. The van der Waals surface area contributed by atoms with Gasteiger partial charge in [0.1, 0.15) is 5.75 Å². The number of hydrogen-bond donors (Lipinski definition) is 2. The van der Waals surface area contributed by atoms with E-state index in [1.807, 2.05) is 18.2 Å². The largest absolute Gasteiger partial charge is 0.497 e. The fourth-order valence-electron chi connectivity index (χ4n) is 2.01. The van der Waals surface area contributed by atoms with Crippen molar-refractivity contribution in [3.05, 3.63) is 24.3 Å². The molecule has 0 aliphatic heterocycles. The average Bonchev–Trinajstić information content (AvgIpc) is 2.26. The van der Waals surface area contributed by atoms with Gasteiger partial charge in [-0.2, -0.15) is 0 Å². The molecule has 1 amide bonds. The van der Waals surface area contributed by atoms with Crippen LogP contribution in [0, 0.1) is 5.41 Å². The molecule has 19 heavy (non-hydrogen) atoms. The highest BCUT2D eigenvalue weighted by molar-refractivity contribution is 5.91. The lowest BCUT2D eigenvalue weighted by atomic mass is 9.87. The first-order chi connectivity index (χ1) is 8.80. The van der Waals surface area contributed by atoms with Crippen LogP contribution in [0.1, 0.15) is 33.6 Å². The molecule has 0 bridgehead atoms. The first-order valence-electron chi connectivity index (χ1n) is 6.49. The fraction of sp³-hybridized carbons (Fsp3) is 0.533. The summed E-state index contributed by atoms with van der Waals surface area (Å²) in [7, 11) is 1.60. The van der Waals surface area contributed by atoms with E-state index in [2.05, 4.69) is 26.1 Å². The second-order valence-electron chi connectivity index (χ2n) is 6.01. The molecule has 1 atom stereocenters. The van der Waals surface area contributed by atoms with Gasteiger partial charge >= 0.3 is 0 Å². The van der Waals surface area contributed by atoms with Gasteiger partial charge in [-0.05, 0) is 24.0 Å². The number of amides is 1. The minimum Gasteiger partial charge on any atom is -0.497 e.